The van der Waals surface area contributed by atoms with E-state index >= 15 is 0 Å². The molecule has 1 aromatic heterocycles. The van der Waals surface area contributed by atoms with Gasteiger partial charge in [-0.25, -0.2) is 0 Å². The van der Waals surface area contributed by atoms with Crippen LogP contribution in [0.3, 0.4) is 0 Å². The Morgan fingerprint density at radius 1 is 1.17 bits per heavy atom. The Balaban J connectivity index is 2.28. The van der Waals surface area contributed by atoms with Gasteiger partial charge in [0.2, 0.25) is 0 Å². The highest BCUT2D eigenvalue weighted by atomic mass is 16.5. The van der Waals surface area contributed by atoms with Gasteiger partial charge in [0.25, 0.3) is 0 Å². The van der Waals surface area contributed by atoms with Crippen LogP contribution in [0.2, 0.25) is 0 Å². The summed E-state index contributed by atoms with van der Waals surface area (Å²) in [4.78, 5) is 4.11. The second-order valence-electron chi connectivity index (χ2n) is 3.88. The molecule has 0 bridgehead atoms. The van der Waals surface area contributed by atoms with E-state index in [0.717, 1.165) is 11.3 Å². The van der Waals surface area contributed by atoms with Gasteiger partial charge >= 0.3 is 0 Å². The van der Waals surface area contributed by atoms with Crippen LogP contribution in [0.15, 0.2) is 36.5 Å². The summed E-state index contributed by atoms with van der Waals surface area (Å²) < 4.78 is 11.0. The molecule has 18 heavy (non-hydrogen) atoms. The number of ether oxygens (including phenoxy) is 2. The van der Waals surface area contributed by atoms with Crippen LogP contribution in [0.4, 0.5) is 0 Å². The predicted octanol–water partition coefficient (Wildman–Crippen LogP) is 2.68. The van der Waals surface area contributed by atoms with Gasteiger partial charge in [0.15, 0.2) is 11.5 Å². The van der Waals surface area contributed by atoms with Gasteiger partial charge in [-0.05, 0) is 30.7 Å². The minimum Gasteiger partial charge on any atom is -0.493 e. The number of benzene rings is 1. The summed E-state index contributed by atoms with van der Waals surface area (Å²) in [6, 6.07) is 8.96. The van der Waals surface area contributed by atoms with Gasteiger partial charge in [-0.15, -0.1) is 0 Å². The molecule has 2 rings (SSSR count). The van der Waals surface area contributed by atoms with Gasteiger partial charge in [0.1, 0.15) is 5.75 Å². The summed E-state index contributed by atoms with van der Waals surface area (Å²) in [6.45, 7) is 1.88. The molecule has 0 aliphatic carbocycles. The Bertz CT molecular complexity index is 540. The number of aliphatic hydroxyl groups is 1. The fraction of sp³-hybridized carbons (Fsp3) is 0.214. The van der Waals surface area contributed by atoms with E-state index in [2.05, 4.69) is 4.98 Å². The normalized spacial score (nSPS) is 10.2. The Labute approximate surface area is 106 Å². The Kier molecular flexibility index (Phi) is 3.79. The zero-order chi connectivity index (χ0) is 13.0. The maximum Gasteiger partial charge on any atom is 0.169 e. The predicted molar refractivity (Wildman–Crippen MR) is 68.0 cm³/mol. The molecule has 0 spiro atoms. The lowest BCUT2D eigenvalue weighted by Crippen LogP contribution is -1.93. The van der Waals surface area contributed by atoms with Crippen LogP contribution in [0.5, 0.6) is 17.2 Å². The second kappa shape index (κ2) is 5.51. The molecule has 4 nitrogen and oxygen atoms in total. The van der Waals surface area contributed by atoms with Crippen LogP contribution in [0.1, 0.15) is 11.3 Å². The molecule has 0 unspecified atom stereocenters. The van der Waals surface area contributed by atoms with Crippen LogP contribution in [-0.4, -0.2) is 17.2 Å². The number of pyridine rings is 1. The van der Waals surface area contributed by atoms with Crippen LogP contribution in [0.25, 0.3) is 0 Å². The Morgan fingerprint density at radius 3 is 2.67 bits per heavy atom. The first-order chi connectivity index (χ1) is 8.72. The minimum absolute atomic E-state index is 0.0228. The van der Waals surface area contributed by atoms with Crippen LogP contribution in [-0.2, 0) is 6.61 Å². The molecular formula is C14H15NO3. The van der Waals surface area contributed by atoms with Crippen molar-refractivity contribution in [3.63, 3.8) is 0 Å². The third-order valence-electron chi connectivity index (χ3n) is 2.51. The van der Waals surface area contributed by atoms with Crippen LogP contribution < -0.4 is 9.47 Å². The van der Waals surface area contributed by atoms with Gasteiger partial charge in [-0.3, -0.25) is 4.98 Å². The van der Waals surface area contributed by atoms with Crippen molar-refractivity contribution in [3.8, 4) is 17.2 Å². The molecule has 0 aliphatic heterocycles. The van der Waals surface area contributed by atoms with Crippen molar-refractivity contribution in [1.29, 1.82) is 0 Å². The molecule has 2 aromatic rings. The summed E-state index contributed by atoms with van der Waals surface area (Å²) in [5.41, 5.74) is 1.67. The summed E-state index contributed by atoms with van der Waals surface area (Å²) >= 11 is 0. The molecule has 1 N–H and O–H groups in total. The number of aromatic nitrogens is 1. The van der Waals surface area contributed by atoms with Crippen molar-refractivity contribution < 1.29 is 14.6 Å². The molecule has 1 aromatic carbocycles. The number of nitrogens with zero attached hydrogens (tertiary/aromatic N) is 1. The first-order valence-corrected chi connectivity index (χ1v) is 5.61. The second-order valence-corrected chi connectivity index (χ2v) is 3.88. The molecule has 0 fully saturated rings. The molecule has 0 aliphatic rings. The van der Waals surface area contributed by atoms with E-state index in [1.807, 2.05) is 13.0 Å². The van der Waals surface area contributed by atoms with Gasteiger partial charge in [-0.2, -0.15) is 0 Å². The number of hydrogen-bond acceptors (Lipinski definition) is 4. The fourth-order valence-electron chi connectivity index (χ4n) is 1.60. The van der Waals surface area contributed by atoms with E-state index < -0.39 is 0 Å². The van der Waals surface area contributed by atoms with E-state index in [1.54, 1.807) is 37.6 Å². The van der Waals surface area contributed by atoms with E-state index in [9.17, 15) is 0 Å². The smallest absolute Gasteiger partial charge is 0.169 e. The standard InChI is InChI=1S/C14H15NO3/c1-10-7-12(5-6-15-10)18-13-4-3-11(9-16)8-14(13)17-2/h3-8,16H,9H2,1-2H3. The number of aryl methyl sites for hydroxylation is 1. The average molecular weight is 245 g/mol. The zero-order valence-corrected chi connectivity index (χ0v) is 10.4. The average Bonchev–Trinajstić information content (AvgIpc) is 2.39. The molecule has 0 saturated heterocycles. The lowest BCUT2D eigenvalue weighted by molar-refractivity contribution is 0.280. The van der Waals surface area contributed by atoms with Crippen molar-refractivity contribution in [2.24, 2.45) is 0 Å². The summed E-state index contributed by atoms with van der Waals surface area (Å²) in [6.07, 6.45) is 1.69. The third-order valence-corrected chi connectivity index (χ3v) is 2.51. The number of aliphatic hydroxyl groups excluding tert-OH is 1. The fourth-order valence-corrected chi connectivity index (χ4v) is 1.60. The quantitative estimate of drug-likeness (QED) is 0.899. The van der Waals surface area contributed by atoms with E-state index in [4.69, 9.17) is 14.6 Å². The highest BCUT2D eigenvalue weighted by Crippen LogP contribution is 2.32. The van der Waals surface area contributed by atoms with Crippen molar-refractivity contribution in [2.45, 2.75) is 13.5 Å². The van der Waals surface area contributed by atoms with Crippen molar-refractivity contribution in [2.75, 3.05) is 7.11 Å². The highest BCUT2D eigenvalue weighted by Gasteiger charge is 2.07. The van der Waals surface area contributed by atoms with Crippen molar-refractivity contribution >= 4 is 0 Å². The molecule has 94 valence electrons. The first kappa shape index (κ1) is 12.4. The lowest BCUT2D eigenvalue weighted by Gasteiger charge is -2.11. The largest absolute Gasteiger partial charge is 0.493 e. The van der Waals surface area contributed by atoms with Crippen molar-refractivity contribution in [3.05, 3.63) is 47.8 Å². The van der Waals surface area contributed by atoms with Crippen LogP contribution >= 0.6 is 0 Å². The van der Waals surface area contributed by atoms with E-state index in [0.29, 0.717) is 17.2 Å². The Hall–Kier alpha value is -2.07. The zero-order valence-electron chi connectivity index (χ0n) is 10.4. The number of rotatable bonds is 4. The maximum absolute atomic E-state index is 9.07. The van der Waals surface area contributed by atoms with E-state index in [-0.39, 0.29) is 6.61 Å². The topological polar surface area (TPSA) is 51.6 Å². The van der Waals surface area contributed by atoms with Crippen molar-refractivity contribution in [1.82, 2.24) is 4.98 Å². The van der Waals surface area contributed by atoms with Gasteiger partial charge in [-0.1, -0.05) is 6.07 Å². The molecule has 0 amide bonds. The molecule has 0 radical (unpaired) electrons. The lowest BCUT2D eigenvalue weighted by atomic mass is 10.2. The molecule has 0 saturated carbocycles. The maximum atomic E-state index is 9.07. The molecule has 1 heterocycles. The summed E-state index contributed by atoms with van der Waals surface area (Å²) in [5, 5.41) is 9.07. The number of methoxy groups -OCH3 is 1. The minimum atomic E-state index is -0.0228. The Morgan fingerprint density at radius 2 is 2.00 bits per heavy atom. The van der Waals surface area contributed by atoms with Crippen LogP contribution in [0, 0.1) is 6.92 Å². The molecular weight excluding hydrogens is 230 g/mol. The van der Waals surface area contributed by atoms with Gasteiger partial charge in [0, 0.05) is 18.0 Å². The monoisotopic (exact) mass is 245 g/mol. The molecule has 0 atom stereocenters. The number of hydrogen-bond donors (Lipinski definition) is 1. The highest BCUT2D eigenvalue weighted by molar-refractivity contribution is 5.45. The molecule has 4 heteroatoms. The first-order valence-electron chi connectivity index (χ1n) is 5.61. The third kappa shape index (κ3) is 2.78. The SMILES string of the molecule is COc1cc(CO)ccc1Oc1ccnc(C)c1. The van der Waals surface area contributed by atoms with Gasteiger partial charge in [0.05, 0.1) is 13.7 Å². The van der Waals surface area contributed by atoms with Gasteiger partial charge < -0.3 is 14.6 Å². The summed E-state index contributed by atoms with van der Waals surface area (Å²) in [7, 11) is 1.57. The summed E-state index contributed by atoms with van der Waals surface area (Å²) in [5.74, 6) is 1.91. The van der Waals surface area contributed by atoms with E-state index in [1.165, 1.54) is 0 Å².